The predicted octanol–water partition coefficient (Wildman–Crippen LogP) is 5.50. The number of nitrogens with zero attached hydrogens (tertiary/aromatic N) is 1. The molecule has 0 aromatic heterocycles. The van der Waals surface area contributed by atoms with Crippen LogP contribution in [0.15, 0.2) is 72.3 Å². The molecule has 0 saturated carbocycles. The molecule has 0 saturated heterocycles. The lowest BCUT2D eigenvalue weighted by atomic mass is 9.81. The maximum absolute atomic E-state index is 10.0. The third kappa shape index (κ3) is 4.47. The molecule has 150 valence electrons. The van der Waals surface area contributed by atoms with E-state index in [4.69, 9.17) is 0 Å². The third-order valence-corrected chi connectivity index (χ3v) is 5.25. The Labute approximate surface area is 178 Å². The molecule has 29 heavy (non-hydrogen) atoms. The van der Waals surface area contributed by atoms with Gasteiger partial charge in [0.15, 0.2) is 0 Å². The minimum Gasteiger partial charge on any atom is -0.508 e. The van der Waals surface area contributed by atoms with E-state index in [2.05, 4.69) is 43.3 Å². The van der Waals surface area contributed by atoms with E-state index in [9.17, 15) is 10.2 Å². The number of likely N-dealkylation sites (N-methyl/N-ethyl adjacent to an activating group) is 1. The highest BCUT2D eigenvalue weighted by Gasteiger charge is 2.21. The molecule has 0 amide bonds. The summed E-state index contributed by atoms with van der Waals surface area (Å²) in [5.41, 5.74) is 8.36. The summed E-state index contributed by atoms with van der Waals surface area (Å²) in [6, 6.07) is 21.5. The zero-order valence-corrected chi connectivity index (χ0v) is 17.5. The van der Waals surface area contributed by atoms with Crippen LogP contribution in [0.25, 0.3) is 16.7 Å². The first-order chi connectivity index (χ1) is 13.5. The van der Waals surface area contributed by atoms with E-state index in [1.54, 1.807) is 18.2 Å². The summed E-state index contributed by atoms with van der Waals surface area (Å²) in [4.78, 5) is 2.20. The summed E-state index contributed by atoms with van der Waals surface area (Å²) in [6.45, 7) is 0.902. The zero-order valence-electron chi connectivity index (χ0n) is 16.7. The average molecular weight is 408 g/mol. The normalized spacial score (nSPS) is 13.2. The molecule has 0 aliphatic heterocycles. The molecule has 0 bridgehead atoms. The number of aromatic hydroxyl groups is 2. The van der Waals surface area contributed by atoms with Crippen LogP contribution in [0.4, 0.5) is 0 Å². The van der Waals surface area contributed by atoms with E-state index >= 15 is 0 Å². The van der Waals surface area contributed by atoms with Crippen molar-refractivity contribution in [1.29, 1.82) is 0 Å². The number of aryl methyl sites for hydroxylation is 1. The van der Waals surface area contributed by atoms with Gasteiger partial charge in [0.25, 0.3) is 0 Å². The van der Waals surface area contributed by atoms with Crippen molar-refractivity contribution in [3.8, 4) is 22.6 Å². The fraction of sp³-hybridized carbons (Fsp3) is 0.200. The molecule has 1 aliphatic carbocycles. The van der Waals surface area contributed by atoms with Crippen molar-refractivity contribution in [2.75, 3.05) is 20.6 Å². The highest BCUT2D eigenvalue weighted by molar-refractivity contribution is 5.87. The second kappa shape index (κ2) is 8.73. The van der Waals surface area contributed by atoms with Gasteiger partial charge in [0.2, 0.25) is 0 Å². The van der Waals surface area contributed by atoms with E-state index in [1.165, 1.54) is 22.3 Å². The Kier molecular flexibility index (Phi) is 6.31. The zero-order chi connectivity index (χ0) is 19.7. The molecule has 4 heteroatoms. The number of halogens is 1. The Morgan fingerprint density at radius 2 is 1.38 bits per heavy atom. The number of benzene rings is 3. The quantitative estimate of drug-likeness (QED) is 0.600. The van der Waals surface area contributed by atoms with Gasteiger partial charge in [0, 0.05) is 6.54 Å². The first-order valence-corrected chi connectivity index (χ1v) is 9.60. The smallest absolute Gasteiger partial charge is 0.116 e. The molecule has 2 N–H and O–H groups in total. The van der Waals surface area contributed by atoms with Crippen molar-refractivity contribution < 1.29 is 10.2 Å². The third-order valence-electron chi connectivity index (χ3n) is 5.25. The van der Waals surface area contributed by atoms with Gasteiger partial charge < -0.3 is 15.1 Å². The highest BCUT2D eigenvalue weighted by atomic mass is 35.5. The van der Waals surface area contributed by atoms with Gasteiger partial charge in [-0.2, -0.15) is 0 Å². The second-order valence-electron chi connectivity index (χ2n) is 7.69. The van der Waals surface area contributed by atoms with Crippen molar-refractivity contribution >= 4 is 18.0 Å². The van der Waals surface area contributed by atoms with E-state index in [0.29, 0.717) is 0 Å². The SMILES string of the molecule is CN(C)CC1=C(c2cccc(O)c2)c2ccc(-c3cccc(O)c3)cc2CC1.Cl. The van der Waals surface area contributed by atoms with Crippen LogP contribution in [0.5, 0.6) is 11.5 Å². The van der Waals surface area contributed by atoms with Crippen LogP contribution in [0.2, 0.25) is 0 Å². The molecule has 3 aromatic carbocycles. The van der Waals surface area contributed by atoms with Gasteiger partial charge in [0.1, 0.15) is 11.5 Å². The largest absolute Gasteiger partial charge is 0.508 e. The van der Waals surface area contributed by atoms with Crippen LogP contribution in [-0.2, 0) is 6.42 Å². The summed E-state index contributed by atoms with van der Waals surface area (Å²) < 4.78 is 0. The Morgan fingerprint density at radius 1 is 0.759 bits per heavy atom. The van der Waals surface area contributed by atoms with Gasteiger partial charge in [-0.3, -0.25) is 0 Å². The number of hydrogen-bond acceptors (Lipinski definition) is 3. The predicted molar refractivity (Wildman–Crippen MR) is 122 cm³/mol. The first kappa shape index (κ1) is 21.0. The molecular weight excluding hydrogens is 382 g/mol. The second-order valence-corrected chi connectivity index (χ2v) is 7.69. The minimum atomic E-state index is 0. The molecule has 0 radical (unpaired) electrons. The highest BCUT2D eigenvalue weighted by Crippen LogP contribution is 2.39. The molecular formula is C25H26ClNO2. The Hall–Kier alpha value is -2.75. The summed E-state index contributed by atoms with van der Waals surface area (Å²) >= 11 is 0. The van der Waals surface area contributed by atoms with Gasteiger partial charge in [-0.05, 0) is 90.2 Å². The Balaban J connectivity index is 0.00000240. The van der Waals surface area contributed by atoms with Crippen molar-refractivity contribution in [2.24, 2.45) is 0 Å². The lowest BCUT2D eigenvalue weighted by molar-refractivity contribution is 0.439. The van der Waals surface area contributed by atoms with Crippen molar-refractivity contribution in [2.45, 2.75) is 12.8 Å². The van der Waals surface area contributed by atoms with Crippen molar-refractivity contribution in [3.63, 3.8) is 0 Å². The topological polar surface area (TPSA) is 43.7 Å². The Morgan fingerprint density at radius 3 is 2.03 bits per heavy atom. The van der Waals surface area contributed by atoms with E-state index in [-0.39, 0.29) is 23.9 Å². The fourth-order valence-corrected chi connectivity index (χ4v) is 4.07. The summed E-state index contributed by atoms with van der Waals surface area (Å²) in [7, 11) is 4.18. The van der Waals surface area contributed by atoms with Crippen LogP contribution in [0, 0.1) is 0 Å². The maximum Gasteiger partial charge on any atom is 0.116 e. The van der Waals surface area contributed by atoms with Crippen molar-refractivity contribution in [1.82, 2.24) is 4.90 Å². The number of fused-ring (bicyclic) bond motifs is 1. The fourth-order valence-electron chi connectivity index (χ4n) is 4.07. The Bertz CT molecular complexity index is 1060. The van der Waals surface area contributed by atoms with Gasteiger partial charge in [-0.15, -0.1) is 12.4 Å². The molecule has 0 unspecified atom stereocenters. The number of hydrogen-bond donors (Lipinski definition) is 2. The van der Waals surface area contributed by atoms with Crippen LogP contribution >= 0.6 is 12.4 Å². The average Bonchev–Trinajstić information content (AvgIpc) is 2.67. The summed E-state index contributed by atoms with van der Waals surface area (Å²) in [5.74, 6) is 0.571. The maximum atomic E-state index is 10.0. The molecule has 3 aromatic rings. The molecule has 0 atom stereocenters. The molecule has 4 rings (SSSR count). The monoisotopic (exact) mass is 407 g/mol. The number of rotatable bonds is 4. The molecule has 0 heterocycles. The van der Waals surface area contributed by atoms with Crippen LogP contribution in [-0.4, -0.2) is 35.8 Å². The van der Waals surface area contributed by atoms with Crippen molar-refractivity contribution in [3.05, 3.63) is 89.0 Å². The number of phenols is 2. The summed E-state index contributed by atoms with van der Waals surface area (Å²) in [6.07, 6.45) is 1.99. The lowest BCUT2D eigenvalue weighted by Crippen LogP contribution is -2.19. The van der Waals surface area contributed by atoms with Gasteiger partial charge in [-0.25, -0.2) is 0 Å². The van der Waals surface area contributed by atoms with Crippen LogP contribution in [0.1, 0.15) is 23.1 Å². The van der Waals surface area contributed by atoms with E-state index in [0.717, 1.165) is 36.1 Å². The molecule has 3 nitrogen and oxygen atoms in total. The van der Waals surface area contributed by atoms with Gasteiger partial charge >= 0.3 is 0 Å². The molecule has 1 aliphatic rings. The molecule has 0 spiro atoms. The minimum absolute atomic E-state index is 0. The molecule has 0 fully saturated rings. The van der Waals surface area contributed by atoms with Gasteiger partial charge in [-0.1, -0.05) is 42.5 Å². The van der Waals surface area contributed by atoms with Gasteiger partial charge in [0.05, 0.1) is 0 Å². The standard InChI is InChI=1S/C25H25NO2.ClH/c1-26(2)16-21-10-9-19-13-18(17-5-3-7-22(27)14-17)11-12-24(19)25(21)20-6-4-8-23(28)15-20;/h3-8,11-15,27-28H,9-10,16H2,1-2H3;1H. The summed E-state index contributed by atoms with van der Waals surface area (Å²) in [5, 5.41) is 19.8. The van der Waals surface area contributed by atoms with E-state index in [1.807, 2.05) is 24.3 Å². The lowest BCUT2D eigenvalue weighted by Gasteiger charge is -2.26. The first-order valence-electron chi connectivity index (χ1n) is 9.60. The number of phenolic OH excluding ortho intramolecular Hbond substituents is 2. The van der Waals surface area contributed by atoms with E-state index < -0.39 is 0 Å². The van der Waals surface area contributed by atoms with Crippen LogP contribution < -0.4 is 0 Å². The van der Waals surface area contributed by atoms with Crippen LogP contribution in [0.3, 0.4) is 0 Å².